The molecule has 8 nitrogen and oxygen atoms in total. The Morgan fingerprint density at radius 2 is 1.85 bits per heavy atom. The standard InChI is InChI=1S/C26H24N6O2/c1-2-24(33)29-21-5-3-4-18(14-21)23-17-27-15-19-16-28-26(31-25(19)23)30-20-6-8-22(9-7-20)32-10-12-34-13-11-32/h2-9,14-17H,1,10-13H2,(H,29,33)(H,28,30,31). The van der Waals surface area contributed by atoms with Gasteiger partial charge in [0.15, 0.2) is 0 Å². The molecule has 5 rings (SSSR count). The van der Waals surface area contributed by atoms with Gasteiger partial charge in [-0.2, -0.15) is 0 Å². The number of carbonyl (C=O) groups is 1. The number of hydrogen-bond acceptors (Lipinski definition) is 7. The number of anilines is 4. The van der Waals surface area contributed by atoms with Crippen LogP contribution in [0.1, 0.15) is 0 Å². The summed E-state index contributed by atoms with van der Waals surface area (Å²) in [5, 5.41) is 6.91. The molecule has 170 valence electrons. The minimum atomic E-state index is -0.262. The fraction of sp³-hybridized carbons (Fsp3) is 0.154. The van der Waals surface area contributed by atoms with Gasteiger partial charge in [-0.15, -0.1) is 0 Å². The molecule has 1 amide bonds. The number of fused-ring (bicyclic) bond motifs is 1. The number of morpholine rings is 1. The number of rotatable bonds is 6. The number of aromatic nitrogens is 3. The van der Waals surface area contributed by atoms with Crippen LogP contribution in [0.3, 0.4) is 0 Å². The van der Waals surface area contributed by atoms with Crippen molar-refractivity contribution < 1.29 is 9.53 Å². The normalized spacial score (nSPS) is 13.5. The molecule has 4 aromatic rings. The zero-order valence-corrected chi connectivity index (χ0v) is 18.6. The van der Waals surface area contributed by atoms with Crippen molar-refractivity contribution in [2.75, 3.05) is 41.8 Å². The molecule has 0 radical (unpaired) electrons. The molecule has 0 unspecified atom stereocenters. The number of amides is 1. The van der Waals surface area contributed by atoms with E-state index in [0.717, 1.165) is 54.0 Å². The van der Waals surface area contributed by atoms with Gasteiger partial charge in [-0.05, 0) is 48.0 Å². The fourth-order valence-corrected chi connectivity index (χ4v) is 3.89. The van der Waals surface area contributed by atoms with E-state index >= 15 is 0 Å². The van der Waals surface area contributed by atoms with Gasteiger partial charge < -0.3 is 20.3 Å². The highest BCUT2D eigenvalue weighted by atomic mass is 16.5. The van der Waals surface area contributed by atoms with Crippen molar-refractivity contribution in [1.29, 1.82) is 0 Å². The Morgan fingerprint density at radius 3 is 2.65 bits per heavy atom. The number of ether oxygens (including phenoxy) is 1. The van der Waals surface area contributed by atoms with E-state index in [1.54, 1.807) is 18.6 Å². The second-order valence-electron chi connectivity index (χ2n) is 7.86. The minimum absolute atomic E-state index is 0.262. The number of hydrogen-bond donors (Lipinski definition) is 2. The molecule has 1 saturated heterocycles. The number of pyridine rings is 1. The second-order valence-corrected chi connectivity index (χ2v) is 7.86. The van der Waals surface area contributed by atoms with E-state index in [9.17, 15) is 4.79 Å². The highest BCUT2D eigenvalue weighted by Gasteiger charge is 2.12. The summed E-state index contributed by atoms with van der Waals surface area (Å²) in [5.74, 6) is 0.233. The molecule has 34 heavy (non-hydrogen) atoms. The van der Waals surface area contributed by atoms with Crippen molar-refractivity contribution >= 4 is 39.8 Å². The quantitative estimate of drug-likeness (QED) is 0.419. The van der Waals surface area contributed by atoms with Crippen LogP contribution in [0, 0.1) is 0 Å². The average Bonchev–Trinajstić information content (AvgIpc) is 2.89. The molecule has 1 fully saturated rings. The van der Waals surface area contributed by atoms with Crippen LogP contribution in [-0.2, 0) is 9.53 Å². The summed E-state index contributed by atoms with van der Waals surface area (Å²) in [6.07, 6.45) is 6.51. The van der Waals surface area contributed by atoms with Gasteiger partial charge in [0.05, 0.1) is 18.7 Å². The third-order valence-corrected chi connectivity index (χ3v) is 5.62. The van der Waals surface area contributed by atoms with Gasteiger partial charge in [-0.1, -0.05) is 18.7 Å². The van der Waals surface area contributed by atoms with Crippen LogP contribution in [0.4, 0.5) is 23.0 Å². The lowest BCUT2D eigenvalue weighted by molar-refractivity contribution is -0.111. The lowest BCUT2D eigenvalue weighted by atomic mass is 10.0. The Labute approximate surface area is 197 Å². The molecule has 8 heteroatoms. The summed E-state index contributed by atoms with van der Waals surface area (Å²) >= 11 is 0. The Kier molecular flexibility index (Phi) is 6.13. The molecule has 3 heterocycles. The molecular weight excluding hydrogens is 428 g/mol. The molecule has 2 aromatic heterocycles. The molecule has 2 N–H and O–H groups in total. The minimum Gasteiger partial charge on any atom is -0.378 e. The van der Waals surface area contributed by atoms with Crippen LogP contribution < -0.4 is 15.5 Å². The first-order valence-corrected chi connectivity index (χ1v) is 11.0. The maximum atomic E-state index is 11.7. The van der Waals surface area contributed by atoms with Crippen molar-refractivity contribution in [2.45, 2.75) is 0 Å². The van der Waals surface area contributed by atoms with Gasteiger partial charge >= 0.3 is 0 Å². The van der Waals surface area contributed by atoms with Gasteiger partial charge in [0, 0.05) is 59.7 Å². The molecule has 0 aliphatic carbocycles. The van der Waals surface area contributed by atoms with Crippen LogP contribution in [0.5, 0.6) is 0 Å². The van der Waals surface area contributed by atoms with Crippen molar-refractivity contribution in [1.82, 2.24) is 15.0 Å². The maximum Gasteiger partial charge on any atom is 0.247 e. The van der Waals surface area contributed by atoms with Gasteiger partial charge in [0.1, 0.15) is 0 Å². The molecule has 0 atom stereocenters. The summed E-state index contributed by atoms with van der Waals surface area (Å²) < 4.78 is 5.43. The summed E-state index contributed by atoms with van der Waals surface area (Å²) in [7, 11) is 0. The van der Waals surface area contributed by atoms with Gasteiger partial charge in [0.25, 0.3) is 0 Å². The van der Waals surface area contributed by atoms with E-state index in [1.807, 2.05) is 36.4 Å². The van der Waals surface area contributed by atoms with Crippen LogP contribution >= 0.6 is 0 Å². The zero-order chi connectivity index (χ0) is 23.3. The van der Waals surface area contributed by atoms with Crippen molar-refractivity contribution in [2.24, 2.45) is 0 Å². The van der Waals surface area contributed by atoms with E-state index in [1.165, 1.54) is 11.8 Å². The molecular formula is C26H24N6O2. The van der Waals surface area contributed by atoms with Crippen molar-refractivity contribution in [3.05, 3.63) is 79.8 Å². The van der Waals surface area contributed by atoms with Crippen LogP contribution in [0.15, 0.2) is 79.8 Å². The molecule has 0 saturated carbocycles. The first-order chi connectivity index (χ1) is 16.7. The van der Waals surface area contributed by atoms with Crippen LogP contribution in [0.25, 0.3) is 22.0 Å². The van der Waals surface area contributed by atoms with E-state index < -0.39 is 0 Å². The van der Waals surface area contributed by atoms with Crippen molar-refractivity contribution in [3.63, 3.8) is 0 Å². The first kappa shape index (κ1) is 21.5. The first-order valence-electron chi connectivity index (χ1n) is 11.0. The molecule has 1 aliphatic heterocycles. The molecule has 2 aromatic carbocycles. The molecule has 0 bridgehead atoms. The van der Waals surface area contributed by atoms with Crippen LogP contribution in [0.2, 0.25) is 0 Å². The number of carbonyl (C=O) groups excluding carboxylic acids is 1. The predicted octanol–water partition coefficient (Wildman–Crippen LogP) is 4.40. The highest BCUT2D eigenvalue weighted by Crippen LogP contribution is 2.29. The summed E-state index contributed by atoms with van der Waals surface area (Å²) in [4.78, 5) is 27.6. The zero-order valence-electron chi connectivity index (χ0n) is 18.6. The van der Waals surface area contributed by atoms with Crippen LogP contribution in [-0.4, -0.2) is 47.2 Å². The van der Waals surface area contributed by atoms with Gasteiger partial charge in [-0.25, -0.2) is 9.97 Å². The Morgan fingerprint density at radius 1 is 1.03 bits per heavy atom. The monoisotopic (exact) mass is 452 g/mol. The maximum absolute atomic E-state index is 11.7. The third kappa shape index (κ3) is 4.72. The lowest BCUT2D eigenvalue weighted by Gasteiger charge is -2.28. The number of nitrogens with one attached hydrogen (secondary N) is 2. The molecule has 1 aliphatic rings. The third-order valence-electron chi connectivity index (χ3n) is 5.62. The van der Waals surface area contributed by atoms with Gasteiger partial charge in [-0.3, -0.25) is 9.78 Å². The second kappa shape index (κ2) is 9.68. The summed E-state index contributed by atoms with van der Waals surface area (Å²) in [6, 6.07) is 15.8. The predicted molar refractivity (Wildman–Crippen MR) is 134 cm³/mol. The highest BCUT2D eigenvalue weighted by molar-refractivity contribution is 6.00. The van der Waals surface area contributed by atoms with E-state index in [0.29, 0.717) is 11.6 Å². The Hall–Kier alpha value is -4.30. The Bertz CT molecular complexity index is 1330. The fourth-order valence-electron chi connectivity index (χ4n) is 3.89. The smallest absolute Gasteiger partial charge is 0.247 e. The molecule has 0 spiro atoms. The largest absolute Gasteiger partial charge is 0.378 e. The lowest BCUT2D eigenvalue weighted by Crippen LogP contribution is -2.36. The Balaban J connectivity index is 1.41. The summed E-state index contributed by atoms with van der Waals surface area (Å²) in [6.45, 7) is 6.81. The van der Waals surface area contributed by atoms with E-state index in [4.69, 9.17) is 9.72 Å². The van der Waals surface area contributed by atoms with Gasteiger partial charge in [0.2, 0.25) is 11.9 Å². The summed E-state index contributed by atoms with van der Waals surface area (Å²) in [5.41, 5.74) is 5.25. The van der Waals surface area contributed by atoms with E-state index in [-0.39, 0.29) is 5.91 Å². The number of nitrogens with zero attached hydrogens (tertiary/aromatic N) is 4. The average molecular weight is 453 g/mol. The number of benzene rings is 2. The SMILES string of the molecule is C=CC(=O)Nc1cccc(-c2cncc3cnc(Nc4ccc(N5CCOCC5)cc4)nc23)c1. The van der Waals surface area contributed by atoms with E-state index in [2.05, 4.69) is 44.2 Å². The topological polar surface area (TPSA) is 92.3 Å². The van der Waals surface area contributed by atoms with Crippen molar-refractivity contribution in [3.8, 4) is 11.1 Å².